The molecule has 1 aliphatic rings. The Morgan fingerprint density at radius 3 is 2.88 bits per heavy atom. The zero-order valence-electron chi connectivity index (χ0n) is 14.8. The van der Waals surface area contributed by atoms with Crippen LogP contribution in [-0.2, 0) is 16.6 Å². The normalized spacial score (nSPS) is 19.5. The summed E-state index contributed by atoms with van der Waals surface area (Å²) in [6.07, 6.45) is 2.45. The summed E-state index contributed by atoms with van der Waals surface area (Å²) in [4.78, 5) is 14.9. The number of morpholine rings is 1. The van der Waals surface area contributed by atoms with Crippen molar-refractivity contribution in [1.82, 2.24) is 14.6 Å². The lowest BCUT2D eigenvalue weighted by molar-refractivity contribution is -0.140. The Balaban J connectivity index is 1.76. The van der Waals surface area contributed by atoms with Gasteiger partial charge in [0.25, 0.3) is 0 Å². The van der Waals surface area contributed by atoms with E-state index in [1.165, 1.54) is 0 Å². The van der Waals surface area contributed by atoms with Gasteiger partial charge in [-0.05, 0) is 31.9 Å². The highest BCUT2D eigenvalue weighted by Crippen LogP contribution is 2.30. The van der Waals surface area contributed by atoms with Crippen molar-refractivity contribution in [2.24, 2.45) is 7.05 Å². The highest BCUT2D eigenvalue weighted by molar-refractivity contribution is 5.77. The summed E-state index contributed by atoms with van der Waals surface area (Å²) in [6, 6.07) is 4.03. The molecule has 0 bridgehead atoms. The summed E-state index contributed by atoms with van der Waals surface area (Å²) < 4.78 is 12.9. The maximum Gasteiger partial charge on any atom is 0.223 e. The van der Waals surface area contributed by atoms with Crippen LogP contribution < -0.4 is 0 Å². The van der Waals surface area contributed by atoms with Crippen molar-refractivity contribution in [2.45, 2.75) is 39.2 Å². The van der Waals surface area contributed by atoms with Gasteiger partial charge in [0, 0.05) is 37.5 Å². The molecule has 0 spiro atoms. The zero-order chi connectivity index (χ0) is 17.3. The van der Waals surface area contributed by atoms with E-state index in [4.69, 9.17) is 9.26 Å². The minimum atomic E-state index is -0.0249. The minimum Gasteiger partial charge on any atom is -0.377 e. The highest BCUT2D eigenvalue weighted by Gasteiger charge is 2.31. The zero-order valence-corrected chi connectivity index (χ0v) is 14.8. The molecule has 0 N–H and O–H groups in total. The van der Waals surface area contributed by atoms with Crippen LogP contribution in [0.2, 0.25) is 0 Å². The Labute approximate surface area is 142 Å². The third-order valence-corrected chi connectivity index (χ3v) is 4.84. The Kier molecular flexibility index (Phi) is 4.76. The quantitative estimate of drug-likeness (QED) is 0.864. The first-order chi connectivity index (χ1) is 11.5. The van der Waals surface area contributed by atoms with Crippen LogP contribution in [0.5, 0.6) is 0 Å². The smallest absolute Gasteiger partial charge is 0.223 e. The van der Waals surface area contributed by atoms with E-state index in [-0.39, 0.29) is 17.9 Å². The molecule has 130 valence electrons. The number of ether oxygens (including phenoxy) is 1. The molecule has 2 aromatic rings. The molecule has 6 nitrogen and oxygen atoms in total. The van der Waals surface area contributed by atoms with Crippen LogP contribution >= 0.6 is 0 Å². The van der Waals surface area contributed by atoms with Gasteiger partial charge in [-0.15, -0.1) is 0 Å². The number of hydrogen-bond donors (Lipinski definition) is 0. The molecule has 2 atom stereocenters. The minimum absolute atomic E-state index is 0.0249. The van der Waals surface area contributed by atoms with E-state index in [1.807, 2.05) is 38.1 Å². The van der Waals surface area contributed by atoms with Gasteiger partial charge < -0.3 is 18.7 Å². The number of amides is 1. The Bertz CT molecular complexity index is 699. The predicted octanol–water partition coefficient (Wildman–Crippen LogP) is 2.72. The first kappa shape index (κ1) is 16.8. The van der Waals surface area contributed by atoms with Gasteiger partial charge in [-0.3, -0.25) is 4.79 Å². The molecule has 0 radical (unpaired) electrons. The molecule has 6 heteroatoms. The lowest BCUT2D eigenvalue weighted by Gasteiger charge is -2.36. The number of aryl methyl sites for hydroxylation is 3. The molecule has 1 aliphatic heterocycles. The number of aromatic nitrogens is 2. The SMILES string of the molecule is Cc1noc(C)c1[C@@H](C)CC(=O)N1CCOC[C@@H]1c1cccn1C. The van der Waals surface area contributed by atoms with Crippen LogP contribution in [0.15, 0.2) is 22.9 Å². The fraction of sp³-hybridized carbons (Fsp3) is 0.556. The Morgan fingerprint density at radius 1 is 1.46 bits per heavy atom. The topological polar surface area (TPSA) is 60.5 Å². The largest absolute Gasteiger partial charge is 0.377 e. The van der Waals surface area contributed by atoms with Crippen LogP contribution in [0.1, 0.15) is 48.0 Å². The molecule has 2 aromatic heterocycles. The lowest BCUT2D eigenvalue weighted by Crippen LogP contribution is -2.44. The van der Waals surface area contributed by atoms with Crippen molar-refractivity contribution in [2.75, 3.05) is 19.8 Å². The van der Waals surface area contributed by atoms with Crippen molar-refractivity contribution in [3.8, 4) is 0 Å². The van der Waals surface area contributed by atoms with E-state index >= 15 is 0 Å². The van der Waals surface area contributed by atoms with E-state index < -0.39 is 0 Å². The second-order valence-electron chi connectivity index (χ2n) is 6.56. The number of carbonyl (C=O) groups is 1. The van der Waals surface area contributed by atoms with Gasteiger partial charge >= 0.3 is 0 Å². The second-order valence-corrected chi connectivity index (χ2v) is 6.56. The molecule has 0 saturated carbocycles. The van der Waals surface area contributed by atoms with Crippen LogP contribution in [0.25, 0.3) is 0 Å². The first-order valence-corrected chi connectivity index (χ1v) is 8.40. The Hall–Kier alpha value is -2.08. The van der Waals surface area contributed by atoms with E-state index in [1.54, 1.807) is 0 Å². The van der Waals surface area contributed by atoms with Crippen molar-refractivity contribution >= 4 is 5.91 Å². The van der Waals surface area contributed by atoms with E-state index in [0.29, 0.717) is 26.2 Å². The average molecular weight is 331 g/mol. The predicted molar refractivity (Wildman–Crippen MR) is 89.7 cm³/mol. The van der Waals surface area contributed by atoms with E-state index in [2.05, 4.69) is 22.7 Å². The molecule has 0 aliphatic carbocycles. The van der Waals surface area contributed by atoms with Crippen molar-refractivity contribution in [1.29, 1.82) is 0 Å². The molecule has 1 saturated heterocycles. The van der Waals surface area contributed by atoms with Gasteiger partial charge in [0.15, 0.2) is 0 Å². The fourth-order valence-corrected chi connectivity index (χ4v) is 3.64. The van der Waals surface area contributed by atoms with Crippen molar-refractivity contribution in [3.63, 3.8) is 0 Å². The molecule has 0 aromatic carbocycles. The summed E-state index contributed by atoms with van der Waals surface area (Å²) in [5.41, 5.74) is 3.02. The van der Waals surface area contributed by atoms with Crippen LogP contribution in [-0.4, -0.2) is 40.3 Å². The molecule has 3 heterocycles. The van der Waals surface area contributed by atoms with Crippen molar-refractivity contribution < 1.29 is 14.1 Å². The maximum absolute atomic E-state index is 13.0. The first-order valence-electron chi connectivity index (χ1n) is 8.40. The maximum atomic E-state index is 13.0. The summed E-state index contributed by atoms with van der Waals surface area (Å²) >= 11 is 0. The molecular formula is C18H25N3O3. The summed E-state index contributed by atoms with van der Waals surface area (Å²) in [7, 11) is 2.00. The van der Waals surface area contributed by atoms with Crippen LogP contribution in [0, 0.1) is 13.8 Å². The van der Waals surface area contributed by atoms with E-state index in [0.717, 1.165) is 22.7 Å². The van der Waals surface area contributed by atoms with Gasteiger partial charge in [0.1, 0.15) is 5.76 Å². The fourth-order valence-electron chi connectivity index (χ4n) is 3.64. The monoisotopic (exact) mass is 331 g/mol. The van der Waals surface area contributed by atoms with Crippen molar-refractivity contribution in [3.05, 3.63) is 41.0 Å². The van der Waals surface area contributed by atoms with Crippen LogP contribution in [0.4, 0.5) is 0 Å². The number of rotatable bonds is 4. The van der Waals surface area contributed by atoms with Gasteiger partial charge in [0.05, 0.1) is 24.9 Å². The summed E-state index contributed by atoms with van der Waals surface area (Å²) in [5, 5.41) is 4.00. The molecule has 3 rings (SSSR count). The average Bonchev–Trinajstić information content (AvgIpc) is 3.12. The van der Waals surface area contributed by atoms with Gasteiger partial charge in [-0.2, -0.15) is 0 Å². The third kappa shape index (κ3) is 3.11. The molecule has 0 unspecified atom stereocenters. The Morgan fingerprint density at radius 2 is 2.25 bits per heavy atom. The van der Waals surface area contributed by atoms with E-state index in [9.17, 15) is 4.79 Å². The molecule has 24 heavy (non-hydrogen) atoms. The molecule has 1 fully saturated rings. The van der Waals surface area contributed by atoms with Gasteiger partial charge in [-0.1, -0.05) is 12.1 Å². The number of carbonyl (C=O) groups excluding carboxylic acids is 1. The van der Waals surface area contributed by atoms with Crippen LogP contribution in [0.3, 0.4) is 0 Å². The van der Waals surface area contributed by atoms with Gasteiger partial charge in [-0.25, -0.2) is 0 Å². The molecular weight excluding hydrogens is 306 g/mol. The summed E-state index contributed by atoms with van der Waals surface area (Å²) in [5.74, 6) is 1.03. The number of hydrogen-bond acceptors (Lipinski definition) is 4. The summed E-state index contributed by atoms with van der Waals surface area (Å²) in [6.45, 7) is 7.65. The highest BCUT2D eigenvalue weighted by atomic mass is 16.5. The standard InChI is InChI=1S/C18H25N3O3/c1-12(18-13(2)19-24-14(18)3)10-17(22)21-8-9-23-11-16(21)15-6-5-7-20(15)4/h5-7,12,16H,8-11H2,1-4H3/t12-,16+/m0/s1. The lowest BCUT2D eigenvalue weighted by atomic mass is 9.95. The second kappa shape index (κ2) is 6.81. The molecule has 1 amide bonds. The third-order valence-electron chi connectivity index (χ3n) is 4.84. The number of nitrogens with zero attached hydrogens (tertiary/aromatic N) is 3. The van der Waals surface area contributed by atoms with Gasteiger partial charge in [0.2, 0.25) is 5.91 Å².